The number of benzene rings is 2. The zero-order chi connectivity index (χ0) is 18.8. The Kier molecular flexibility index (Phi) is 5.46. The van der Waals surface area contributed by atoms with Gasteiger partial charge in [0.15, 0.2) is 23.1 Å². The first-order valence-corrected chi connectivity index (χ1v) is 7.08. The third-order valence-electron chi connectivity index (χ3n) is 2.86. The van der Waals surface area contributed by atoms with Gasteiger partial charge in [0.2, 0.25) is 0 Å². The van der Waals surface area contributed by atoms with Crippen LogP contribution < -0.4 is 10.5 Å². The Hall–Kier alpha value is -2.42. The highest BCUT2D eigenvalue weighted by molar-refractivity contribution is 6.28. The van der Waals surface area contributed by atoms with Crippen LogP contribution in [0.25, 0.3) is 0 Å². The Morgan fingerprint density at radius 2 is 1.68 bits per heavy atom. The highest BCUT2D eigenvalue weighted by Crippen LogP contribution is 2.38. The van der Waals surface area contributed by atoms with Crippen molar-refractivity contribution >= 4 is 23.1 Å². The maximum absolute atomic E-state index is 13.8. The summed E-state index contributed by atoms with van der Waals surface area (Å²) in [4.78, 5) is 3.78. The molecule has 0 fully saturated rings. The first-order valence-electron chi connectivity index (χ1n) is 6.54. The smallest absolute Gasteiger partial charge is 0.416 e. The minimum absolute atomic E-state index is 0.0633. The molecule has 0 heterocycles. The molecule has 2 rings (SSSR count). The molecule has 2 aromatic rings. The molecule has 0 radical (unpaired) electrons. The molecule has 0 aromatic heterocycles. The lowest BCUT2D eigenvalue weighted by Gasteiger charge is -2.13. The van der Waals surface area contributed by atoms with Gasteiger partial charge in [0.25, 0.3) is 0 Å². The van der Waals surface area contributed by atoms with E-state index in [1.165, 1.54) is 0 Å². The molecule has 134 valence electrons. The van der Waals surface area contributed by atoms with E-state index >= 15 is 0 Å². The third-order valence-corrected chi connectivity index (χ3v) is 3.13. The summed E-state index contributed by atoms with van der Waals surface area (Å²) >= 11 is 5.46. The van der Waals surface area contributed by atoms with Gasteiger partial charge < -0.3 is 10.5 Å². The summed E-state index contributed by atoms with van der Waals surface area (Å²) in [5.41, 5.74) is 3.79. The van der Waals surface area contributed by atoms with Crippen molar-refractivity contribution in [1.29, 1.82) is 0 Å². The summed E-state index contributed by atoms with van der Waals surface area (Å²) in [6, 6.07) is 2.95. The number of alkyl halides is 4. The third kappa shape index (κ3) is 4.56. The second-order valence-corrected chi connectivity index (χ2v) is 4.98. The minimum atomic E-state index is -4.94. The lowest BCUT2D eigenvalue weighted by atomic mass is 10.2. The minimum Gasteiger partial charge on any atom is -0.449 e. The second-order valence-electron chi connectivity index (χ2n) is 4.72. The average Bonchev–Trinajstić information content (AvgIpc) is 2.51. The predicted octanol–water partition coefficient (Wildman–Crippen LogP) is 5.14. The number of nitrogens with two attached hydrogens (primary N) is 1. The summed E-state index contributed by atoms with van der Waals surface area (Å²) in [6.45, 7) is 0. The van der Waals surface area contributed by atoms with Gasteiger partial charge in [-0.05, 0) is 24.3 Å². The molecule has 2 aromatic carbocycles. The Morgan fingerprint density at radius 3 is 2.20 bits per heavy atom. The highest BCUT2D eigenvalue weighted by Gasteiger charge is 2.33. The van der Waals surface area contributed by atoms with Gasteiger partial charge in [-0.15, -0.1) is 11.6 Å². The largest absolute Gasteiger partial charge is 0.449 e. The van der Waals surface area contributed by atoms with Crippen molar-refractivity contribution in [2.24, 2.45) is 10.7 Å². The molecule has 0 aliphatic rings. The fourth-order valence-electron chi connectivity index (χ4n) is 1.78. The molecule has 0 saturated heterocycles. The molecule has 2 N–H and O–H groups in total. The summed E-state index contributed by atoms with van der Waals surface area (Å²) in [6.07, 6.45) is -4.94. The van der Waals surface area contributed by atoms with Gasteiger partial charge in [-0.3, -0.25) is 0 Å². The van der Waals surface area contributed by atoms with Crippen LogP contribution in [0.15, 0.2) is 35.3 Å². The van der Waals surface area contributed by atoms with E-state index in [1.54, 1.807) is 0 Å². The van der Waals surface area contributed by atoms with E-state index in [0.717, 1.165) is 18.2 Å². The number of amidine groups is 1. The van der Waals surface area contributed by atoms with Gasteiger partial charge >= 0.3 is 6.18 Å². The van der Waals surface area contributed by atoms with Crippen LogP contribution in [-0.2, 0) is 6.18 Å². The highest BCUT2D eigenvalue weighted by atomic mass is 35.5. The summed E-state index contributed by atoms with van der Waals surface area (Å²) in [5.74, 6) is -5.92. The molecule has 0 aliphatic heterocycles. The first-order chi connectivity index (χ1) is 11.6. The monoisotopic (exact) mass is 382 g/mol. The molecule has 0 saturated carbocycles. The van der Waals surface area contributed by atoms with Gasteiger partial charge in [0, 0.05) is 6.07 Å². The van der Waals surface area contributed by atoms with Crippen LogP contribution >= 0.6 is 11.6 Å². The second kappa shape index (κ2) is 7.22. The molecule has 0 unspecified atom stereocenters. The van der Waals surface area contributed by atoms with Gasteiger partial charge in [-0.25, -0.2) is 18.2 Å². The van der Waals surface area contributed by atoms with Crippen molar-refractivity contribution in [2.45, 2.75) is 6.18 Å². The molecule has 0 amide bonds. The van der Waals surface area contributed by atoms with Gasteiger partial charge in [0.05, 0.1) is 11.4 Å². The van der Waals surface area contributed by atoms with Crippen LogP contribution in [0, 0.1) is 17.5 Å². The van der Waals surface area contributed by atoms with Crippen molar-refractivity contribution in [3.8, 4) is 11.5 Å². The lowest BCUT2D eigenvalue weighted by Crippen LogP contribution is -2.12. The standard InChI is InChI=1S/C15H9ClF6N2O/c16-6-13(23)24-11-2-1-8(17)5-12(11)25-14-9(18)3-7(4-10(14)19)15(20,21)22/h1-5H,6H2,(H2,23,24). The maximum atomic E-state index is 13.8. The fraction of sp³-hybridized carbons (Fsp3) is 0.133. The summed E-state index contributed by atoms with van der Waals surface area (Å²) in [7, 11) is 0. The molecule has 0 atom stereocenters. The molecular weight excluding hydrogens is 374 g/mol. The van der Waals surface area contributed by atoms with Crippen molar-refractivity contribution in [2.75, 3.05) is 5.88 Å². The molecule has 3 nitrogen and oxygen atoms in total. The van der Waals surface area contributed by atoms with Crippen LogP contribution in [0.2, 0.25) is 0 Å². The number of ether oxygens (including phenoxy) is 1. The van der Waals surface area contributed by atoms with Gasteiger partial charge in [0.1, 0.15) is 17.3 Å². The maximum Gasteiger partial charge on any atom is 0.416 e. The Balaban J connectivity index is 2.48. The molecular formula is C15H9ClF6N2O. The Labute approximate surface area is 142 Å². The van der Waals surface area contributed by atoms with Gasteiger partial charge in [-0.1, -0.05) is 0 Å². The molecule has 0 bridgehead atoms. The summed E-state index contributed by atoms with van der Waals surface area (Å²) in [5, 5.41) is 0. The number of hydrogen-bond donors (Lipinski definition) is 1. The SMILES string of the molecule is NC(CCl)=Nc1ccc(F)cc1Oc1c(F)cc(C(F)(F)F)cc1F. The molecule has 10 heteroatoms. The Morgan fingerprint density at radius 1 is 1.08 bits per heavy atom. The van der Waals surface area contributed by atoms with E-state index in [1.807, 2.05) is 0 Å². The molecule has 25 heavy (non-hydrogen) atoms. The molecule has 0 aliphatic carbocycles. The first kappa shape index (κ1) is 18.9. The number of hydrogen-bond acceptors (Lipinski definition) is 2. The van der Waals surface area contributed by atoms with E-state index in [0.29, 0.717) is 0 Å². The normalized spacial score (nSPS) is 12.4. The van der Waals surface area contributed by atoms with Crippen molar-refractivity contribution in [3.63, 3.8) is 0 Å². The molecule has 0 spiro atoms. The van der Waals surface area contributed by atoms with Crippen LogP contribution in [-0.4, -0.2) is 11.7 Å². The predicted molar refractivity (Wildman–Crippen MR) is 79.8 cm³/mol. The zero-order valence-corrected chi connectivity index (χ0v) is 12.9. The van der Waals surface area contributed by atoms with E-state index < -0.39 is 40.7 Å². The summed E-state index contributed by atoms with van der Waals surface area (Å²) < 4.78 is 83.6. The van der Waals surface area contributed by atoms with E-state index in [9.17, 15) is 26.3 Å². The Bertz CT molecular complexity index is 799. The van der Waals surface area contributed by atoms with Crippen LogP contribution in [0.3, 0.4) is 0 Å². The number of aliphatic imine (C=N–C) groups is 1. The average molecular weight is 383 g/mol. The van der Waals surface area contributed by atoms with Crippen LogP contribution in [0.1, 0.15) is 5.56 Å². The topological polar surface area (TPSA) is 47.6 Å². The zero-order valence-electron chi connectivity index (χ0n) is 12.2. The number of rotatable bonds is 4. The van der Waals surface area contributed by atoms with Crippen LogP contribution in [0.5, 0.6) is 11.5 Å². The van der Waals surface area contributed by atoms with Gasteiger partial charge in [-0.2, -0.15) is 13.2 Å². The van der Waals surface area contributed by atoms with Crippen molar-refractivity contribution in [1.82, 2.24) is 0 Å². The van der Waals surface area contributed by atoms with E-state index in [2.05, 4.69) is 4.99 Å². The quantitative estimate of drug-likeness (QED) is 0.344. The lowest BCUT2D eigenvalue weighted by molar-refractivity contribution is -0.138. The van der Waals surface area contributed by atoms with Crippen molar-refractivity contribution < 1.29 is 31.1 Å². The fourth-order valence-corrected chi connectivity index (χ4v) is 1.84. The van der Waals surface area contributed by atoms with E-state index in [-0.39, 0.29) is 29.5 Å². The number of halogens is 7. The van der Waals surface area contributed by atoms with E-state index in [4.69, 9.17) is 22.1 Å². The number of nitrogens with zero attached hydrogens (tertiary/aromatic N) is 1. The van der Waals surface area contributed by atoms with Crippen molar-refractivity contribution in [3.05, 3.63) is 53.3 Å². The van der Waals surface area contributed by atoms with Crippen LogP contribution in [0.4, 0.5) is 32.0 Å².